The van der Waals surface area contributed by atoms with Crippen LogP contribution in [0, 0.1) is 12.7 Å². The third-order valence-corrected chi connectivity index (χ3v) is 4.86. The van der Waals surface area contributed by atoms with E-state index in [-0.39, 0.29) is 11.6 Å². The highest BCUT2D eigenvalue weighted by Crippen LogP contribution is 2.22. The molecule has 1 fully saturated rings. The molecule has 0 bridgehead atoms. The van der Waals surface area contributed by atoms with Crippen LogP contribution < -0.4 is 4.90 Å². The van der Waals surface area contributed by atoms with E-state index in [1.54, 1.807) is 29.5 Å². The second kappa shape index (κ2) is 7.06. The molecule has 0 spiro atoms. The Morgan fingerprint density at radius 1 is 1.30 bits per heavy atom. The Bertz CT molecular complexity index is 732. The maximum atomic E-state index is 14.3. The highest BCUT2D eigenvalue weighted by Gasteiger charge is 2.16. The number of ether oxygens (including phenoxy) is 1. The zero-order chi connectivity index (χ0) is 16.2. The van der Waals surface area contributed by atoms with E-state index in [0.29, 0.717) is 37.6 Å². The molecule has 1 aromatic carbocycles. The van der Waals surface area contributed by atoms with Gasteiger partial charge in [-0.3, -0.25) is 4.79 Å². The summed E-state index contributed by atoms with van der Waals surface area (Å²) < 4.78 is 19.6. The first-order valence-corrected chi connectivity index (χ1v) is 8.42. The predicted octanol–water partition coefficient (Wildman–Crippen LogP) is 3.93. The smallest absolute Gasteiger partial charge is 0.185 e. The fraction of sp³-hybridized carbons (Fsp3) is 0.278. The largest absolute Gasteiger partial charge is 0.378 e. The molecule has 23 heavy (non-hydrogen) atoms. The van der Waals surface area contributed by atoms with Crippen LogP contribution in [0.5, 0.6) is 0 Å². The number of nitrogens with zero attached hydrogens (tertiary/aromatic N) is 1. The third kappa shape index (κ3) is 3.68. The first-order chi connectivity index (χ1) is 11.1. The number of carbonyl (C=O) groups excluding carboxylic acids is 1. The molecule has 0 aliphatic carbocycles. The summed E-state index contributed by atoms with van der Waals surface area (Å²) in [5.41, 5.74) is 2.03. The SMILES string of the molecule is Cc1ccsc1/C=C/C(=O)c1ccc(N2CCOCC2)c(F)c1. The Morgan fingerprint density at radius 3 is 2.74 bits per heavy atom. The topological polar surface area (TPSA) is 29.5 Å². The van der Waals surface area contributed by atoms with Gasteiger partial charge >= 0.3 is 0 Å². The van der Waals surface area contributed by atoms with Crippen molar-refractivity contribution in [3.63, 3.8) is 0 Å². The van der Waals surface area contributed by atoms with Crippen molar-refractivity contribution < 1.29 is 13.9 Å². The maximum absolute atomic E-state index is 14.3. The molecular weight excluding hydrogens is 313 g/mol. The molecule has 2 aromatic rings. The summed E-state index contributed by atoms with van der Waals surface area (Å²) in [6.45, 7) is 4.53. The van der Waals surface area contributed by atoms with Crippen LogP contribution in [0.2, 0.25) is 0 Å². The van der Waals surface area contributed by atoms with Crippen molar-refractivity contribution in [3.8, 4) is 0 Å². The van der Waals surface area contributed by atoms with Crippen LogP contribution in [-0.4, -0.2) is 32.1 Å². The molecule has 0 unspecified atom stereocenters. The highest BCUT2D eigenvalue weighted by molar-refractivity contribution is 7.11. The maximum Gasteiger partial charge on any atom is 0.185 e. The number of hydrogen-bond acceptors (Lipinski definition) is 4. The molecule has 0 saturated carbocycles. The molecule has 0 radical (unpaired) electrons. The van der Waals surface area contributed by atoms with E-state index in [0.717, 1.165) is 10.4 Å². The van der Waals surface area contributed by atoms with Crippen LogP contribution in [0.3, 0.4) is 0 Å². The Kier molecular flexibility index (Phi) is 4.88. The van der Waals surface area contributed by atoms with Gasteiger partial charge in [-0.15, -0.1) is 11.3 Å². The first kappa shape index (κ1) is 15.9. The Balaban J connectivity index is 1.75. The molecule has 1 aliphatic rings. The molecule has 0 atom stereocenters. The quantitative estimate of drug-likeness (QED) is 0.628. The second-order valence-corrected chi connectivity index (χ2v) is 6.38. The van der Waals surface area contributed by atoms with E-state index in [2.05, 4.69) is 0 Å². The van der Waals surface area contributed by atoms with Crippen LogP contribution in [0.4, 0.5) is 10.1 Å². The number of benzene rings is 1. The predicted molar refractivity (Wildman–Crippen MR) is 91.9 cm³/mol. The summed E-state index contributed by atoms with van der Waals surface area (Å²) in [4.78, 5) is 15.2. The molecule has 3 rings (SSSR count). The van der Waals surface area contributed by atoms with Crippen molar-refractivity contribution in [1.29, 1.82) is 0 Å². The minimum atomic E-state index is -0.363. The lowest BCUT2D eigenvalue weighted by atomic mass is 10.1. The second-order valence-electron chi connectivity index (χ2n) is 5.43. The lowest BCUT2D eigenvalue weighted by Crippen LogP contribution is -2.36. The molecule has 2 heterocycles. The summed E-state index contributed by atoms with van der Waals surface area (Å²) in [6.07, 6.45) is 3.29. The Morgan fingerprint density at radius 2 is 2.09 bits per heavy atom. The van der Waals surface area contributed by atoms with E-state index in [1.807, 2.05) is 23.3 Å². The van der Waals surface area contributed by atoms with Crippen molar-refractivity contribution >= 4 is 28.9 Å². The van der Waals surface area contributed by atoms with E-state index >= 15 is 0 Å². The van der Waals surface area contributed by atoms with Crippen LogP contribution in [0.1, 0.15) is 20.8 Å². The summed E-state index contributed by atoms with van der Waals surface area (Å²) in [6, 6.07) is 6.68. The van der Waals surface area contributed by atoms with E-state index < -0.39 is 0 Å². The van der Waals surface area contributed by atoms with Crippen LogP contribution in [0.15, 0.2) is 35.7 Å². The van der Waals surface area contributed by atoms with Crippen LogP contribution >= 0.6 is 11.3 Å². The number of carbonyl (C=O) groups is 1. The van der Waals surface area contributed by atoms with Crippen molar-refractivity contribution in [1.82, 2.24) is 0 Å². The molecule has 1 aliphatic heterocycles. The number of ketones is 1. The van der Waals surface area contributed by atoms with E-state index in [1.165, 1.54) is 12.1 Å². The number of halogens is 1. The first-order valence-electron chi connectivity index (χ1n) is 7.54. The standard InChI is InChI=1S/C18H18FNO2S/c1-13-6-11-23-18(13)5-4-17(21)14-2-3-16(15(19)12-14)20-7-9-22-10-8-20/h2-6,11-12H,7-10H2,1H3/b5-4+. The number of anilines is 1. The average Bonchev–Trinajstić information content (AvgIpc) is 2.98. The number of aryl methyl sites for hydroxylation is 1. The minimum Gasteiger partial charge on any atom is -0.378 e. The molecule has 5 heteroatoms. The van der Waals surface area contributed by atoms with Gasteiger partial charge in [-0.25, -0.2) is 4.39 Å². The Labute approximate surface area is 139 Å². The van der Waals surface area contributed by atoms with Gasteiger partial charge in [0.2, 0.25) is 0 Å². The Hall–Kier alpha value is -1.98. The van der Waals surface area contributed by atoms with Gasteiger partial charge < -0.3 is 9.64 Å². The minimum absolute atomic E-state index is 0.190. The highest BCUT2D eigenvalue weighted by atomic mass is 32.1. The molecule has 0 N–H and O–H groups in total. The summed E-state index contributed by atoms with van der Waals surface area (Å²) in [7, 11) is 0. The molecule has 120 valence electrons. The summed E-state index contributed by atoms with van der Waals surface area (Å²) in [5, 5.41) is 1.98. The lowest BCUT2D eigenvalue weighted by Gasteiger charge is -2.29. The molecule has 3 nitrogen and oxygen atoms in total. The van der Waals surface area contributed by atoms with E-state index in [4.69, 9.17) is 4.74 Å². The van der Waals surface area contributed by atoms with Crippen molar-refractivity contribution in [2.24, 2.45) is 0 Å². The average molecular weight is 331 g/mol. The summed E-state index contributed by atoms with van der Waals surface area (Å²) in [5.74, 6) is -0.552. The van der Waals surface area contributed by atoms with Gasteiger partial charge in [0.1, 0.15) is 5.82 Å². The molecule has 0 amide bonds. The lowest BCUT2D eigenvalue weighted by molar-refractivity contribution is 0.104. The van der Waals surface area contributed by atoms with Gasteiger partial charge in [0.05, 0.1) is 18.9 Å². The van der Waals surface area contributed by atoms with Gasteiger partial charge in [0.25, 0.3) is 0 Å². The zero-order valence-electron chi connectivity index (χ0n) is 12.9. The van der Waals surface area contributed by atoms with Crippen molar-refractivity contribution in [2.45, 2.75) is 6.92 Å². The fourth-order valence-electron chi connectivity index (χ4n) is 2.52. The van der Waals surface area contributed by atoms with Crippen LogP contribution in [-0.2, 0) is 4.74 Å². The normalized spacial score (nSPS) is 15.3. The number of rotatable bonds is 4. The van der Waals surface area contributed by atoms with Gasteiger partial charge in [-0.1, -0.05) is 0 Å². The number of hydrogen-bond donors (Lipinski definition) is 0. The van der Waals surface area contributed by atoms with Crippen molar-refractivity contribution in [2.75, 3.05) is 31.2 Å². The van der Waals surface area contributed by atoms with Crippen molar-refractivity contribution in [3.05, 3.63) is 57.5 Å². The van der Waals surface area contributed by atoms with E-state index in [9.17, 15) is 9.18 Å². The van der Waals surface area contributed by atoms with Crippen LogP contribution in [0.25, 0.3) is 6.08 Å². The number of morpholine rings is 1. The van der Waals surface area contributed by atoms with Gasteiger partial charge in [-0.05, 0) is 54.3 Å². The van der Waals surface area contributed by atoms with Gasteiger partial charge in [-0.2, -0.15) is 0 Å². The van der Waals surface area contributed by atoms with Gasteiger partial charge in [0.15, 0.2) is 5.78 Å². The molecule has 1 aromatic heterocycles. The zero-order valence-corrected chi connectivity index (χ0v) is 13.7. The number of thiophene rings is 1. The summed E-state index contributed by atoms with van der Waals surface area (Å²) >= 11 is 1.58. The molecular formula is C18H18FNO2S. The monoisotopic (exact) mass is 331 g/mol. The van der Waals surface area contributed by atoms with Gasteiger partial charge in [0, 0.05) is 23.5 Å². The molecule has 1 saturated heterocycles. The third-order valence-electron chi connectivity index (χ3n) is 3.87. The fourth-order valence-corrected chi connectivity index (χ4v) is 3.34. The number of allylic oxidation sites excluding steroid dienone is 1.